The van der Waals surface area contributed by atoms with Crippen molar-refractivity contribution in [3.05, 3.63) is 0 Å². The second-order valence-electron chi connectivity index (χ2n) is 6.31. The van der Waals surface area contributed by atoms with Crippen molar-refractivity contribution in [1.82, 2.24) is 18.8 Å². The van der Waals surface area contributed by atoms with Gasteiger partial charge in [-0.25, -0.2) is 0 Å². The minimum Gasteiger partial charge on any atom is -0.319 e. The Kier molecular flexibility index (Phi) is 6.02. The Labute approximate surface area is 129 Å². The van der Waals surface area contributed by atoms with E-state index in [9.17, 15) is 8.42 Å². The summed E-state index contributed by atoms with van der Waals surface area (Å²) >= 11 is 0. The smallest absolute Gasteiger partial charge is 0.282 e. The summed E-state index contributed by atoms with van der Waals surface area (Å²) in [6, 6.07) is 0.343. The van der Waals surface area contributed by atoms with Crippen LogP contribution in [-0.2, 0) is 10.2 Å². The minimum atomic E-state index is -3.27. The zero-order chi connectivity index (χ0) is 15.5. The van der Waals surface area contributed by atoms with Gasteiger partial charge in [-0.3, -0.25) is 0 Å². The molecule has 2 rings (SSSR count). The van der Waals surface area contributed by atoms with Crippen LogP contribution in [-0.4, -0.2) is 81.3 Å². The maximum absolute atomic E-state index is 12.8. The predicted octanol–water partition coefficient (Wildman–Crippen LogP) is 0.189. The quantitative estimate of drug-likeness (QED) is 0.786. The standard InChI is InChI=1S/C14H30N4O2S/c1-4-14-12-18(10-9-16(14)3)21(19,20)17-7-5-13(6-8-17)11-15-2/h13-15H,4-12H2,1-3H3. The fraction of sp³-hybridized carbons (Fsp3) is 1.00. The van der Waals surface area contributed by atoms with Crippen LogP contribution in [0.3, 0.4) is 0 Å². The molecule has 0 aromatic heterocycles. The largest absolute Gasteiger partial charge is 0.319 e. The topological polar surface area (TPSA) is 55.9 Å². The average Bonchev–Trinajstić information content (AvgIpc) is 2.48. The monoisotopic (exact) mass is 318 g/mol. The van der Waals surface area contributed by atoms with Crippen molar-refractivity contribution < 1.29 is 8.42 Å². The summed E-state index contributed by atoms with van der Waals surface area (Å²) in [6.07, 6.45) is 2.92. The molecule has 2 aliphatic heterocycles. The van der Waals surface area contributed by atoms with Gasteiger partial charge in [0.1, 0.15) is 0 Å². The first-order chi connectivity index (χ1) is 9.98. The Morgan fingerprint density at radius 2 is 1.76 bits per heavy atom. The van der Waals surface area contributed by atoms with Gasteiger partial charge in [-0.15, -0.1) is 0 Å². The molecule has 1 unspecified atom stereocenters. The minimum absolute atomic E-state index is 0.343. The van der Waals surface area contributed by atoms with Crippen LogP contribution in [0.2, 0.25) is 0 Å². The van der Waals surface area contributed by atoms with Gasteiger partial charge in [0.05, 0.1) is 0 Å². The molecule has 0 saturated carbocycles. The molecule has 0 aromatic carbocycles. The average molecular weight is 318 g/mol. The van der Waals surface area contributed by atoms with Crippen LogP contribution in [0.15, 0.2) is 0 Å². The lowest BCUT2D eigenvalue weighted by atomic mass is 9.98. The van der Waals surface area contributed by atoms with E-state index in [2.05, 4.69) is 24.2 Å². The summed E-state index contributed by atoms with van der Waals surface area (Å²) in [5.41, 5.74) is 0. The molecule has 6 nitrogen and oxygen atoms in total. The van der Waals surface area contributed by atoms with Crippen LogP contribution >= 0.6 is 0 Å². The lowest BCUT2D eigenvalue weighted by Gasteiger charge is -2.41. The molecule has 124 valence electrons. The molecule has 1 N–H and O–H groups in total. The van der Waals surface area contributed by atoms with Crippen molar-refractivity contribution in [1.29, 1.82) is 0 Å². The molecule has 0 amide bonds. The van der Waals surface area contributed by atoms with Gasteiger partial charge in [0, 0.05) is 38.8 Å². The Morgan fingerprint density at radius 3 is 2.33 bits per heavy atom. The zero-order valence-electron chi connectivity index (χ0n) is 13.6. The summed E-state index contributed by atoms with van der Waals surface area (Å²) in [5.74, 6) is 0.609. The number of nitrogens with one attached hydrogen (secondary N) is 1. The fourth-order valence-corrected chi connectivity index (χ4v) is 5.04. The van der Waals surface area contributed by atoms with E-state index in [1.54, 1.807) is 8.61 Å². The molecule has 2 saturated heterocycles. The van der Waals surface area contributed by atoms with Gasteiger partial charge in [-0.1, -0.05) is 6.92 Å². The summed E-state index contributed by atoms with van der Waals surface area (Å²) < 4.78 is 29.0. The van der Waals surface area contributed by atoms with E-state index in [1.165, 1.54) is 0 Å². The molecular formula is C14H30N4O2S. The first-order valence-corrected chi connectivity index (χ1v) is 9.48. The van der Waals surface area contributed by atoms with Gasteiger partial charge in [-0.05, 0) is 45.8 Å². The van der Waals surface area contributed by atoms with Gasteiger partial charge >= 0.3 is 0 Å². The van der Waals surface area contributed by atoms with Crippen LogP contribution in [0.25, 0.3) is 0 Å². The molecule has 0 aliphatic carbocycles. The third-order valence-corrected chi connectivity index (χ3v) is 6.93. The van der Waals surface area contributed by atoms with Gasteiger partial charge in [0.2, 0.25) is 0 Å². The van der Waals surface area contributed by atoms with Crippen molar-refractivity contribution in [2.75, 3.05) is 53.4 Å². The number of rotatable bonds is 5. The number of hydrogen-bond acceptors (Lipinski definition) is 4. The molecule has 21 heavy (non-hydrogen) atoms. The third kappa shape index (κ3) is 3.96. The van der Waals surface area contributed by atoms with Crippen LogP contribution < -0.4 is 5.32 Å². The summed E-state index contributed by atoms with van der Waals surface area (Å²) in [5, 5.41) is 3.19. The highest BCUT2D eigenvalue weighted by molar-refractivity contribution is 7.86. The second-order valence-corrected chi connectivity index (χ2v) is 8.24. The fourth-order valence-electron chi connectivity index (χ4n) is 3.36. The highest BCUT2D eigenvalue weighted by Crippen LogP contribution is 2.23. The number of piperazine rings is 1. The molecule has 0 spiro atoms. The Bertz CT molecular complexity index is 421. The predicted molar refractivity (Wildman–Crippen MR) is 85.4 cm³/mol. The Balaban J connectivity index is 1.96. The summed E-state index contributed by atoms with van der Waals surface area (Å²) in [4.78, 5) is 2.27. The zero-order valence-corrected chi connectivity index (χ0v) is 14.4. The molecule has 0 radical (unpaired) electrons. The van der Waals surface area contributed by atoms with Crippen LogP contribution in [0.5, 0.6) is 0 Å². The molecule has 2 heterocycles. The van der Waals surface area contributed by atoms with Crippen LogP contribution in [0.4, 0.5) is 0 Å². The number of nitrogens with zero attached hydrogens (tertiary/aromatic N) is 3. The summed E-state index contributed by atoms with van der Waals surface area (Å²) in [6.45, 7) is 6.52. The SMILES string of the molecule is CCC1CN(S(=O)(=O)N2CCC(CNC)CC2)CCN1C. The maximum atomic E-state index is 12.8. The van der Waals surface area contributed by atoms with Crippen molar-refractivity contribution >= 4 is 10.2 Å². The summed E-state index contributed by atoms with van der Waals surface area (Å²) in [7, 11) is 0.771. The molecule has 7 heteroatoms. The Hall–Kier alpha value is -0.210. The van der Waals surface area contributed by atoms with E-state index in [1.807, 2.05) is 7.05 Å². The van der Waals surface area contributed by atoms with Crippen LogP contribution in [0.1, 0.15) is 26.2 Å². The van der Waals surface area contributed by atoms with E-state index < -0.39 is 10.2 Å². The molecular weight excluding hydrogens is 288 g/mol. The highest BCUT2D eigenvalue weighted by Gasteiger charge is 2.36. The molecule has 1 atom stereocenters. The van der Waals surface area contributed by atoms with E-state index in [4.69, 9.17) is 0 Å². The van der Waals surface area contributed by atoms with E-state index in [0.717, 1.165) is 32.4 Å². The van der Waals surface area contributed by atoms with E-state index in [0.29, 0.717) is 38.1 Å². The van der Waals surface area contributed by atoms with Gasteiger partial charge in [0.15, 0.2) is 0 Å². The molecule has 0 aromatic rings. The molecule has 2 aliphatic rings. The van der Waals surface area contributed by atoms with Gasteiger partial charge < -0.3 is 10.2 Å². The first kappa shape index (κ1) is 17.1. The van der Waals surface area contributed by atoms with E-state index in [-0.39, 0.29) is 0 Å². The number of hydrogen-bond donors (Lipinski definition) is 1. The number of likely N-dealkylation sites (N-methyl/N-ethyl adjacent to an activating group) is 1. The lowest BCUT2D eigenvalue weighted by molar-refractivity contribution is 0.136. The normalized spacial score (nSPS) is 28.0. The lowest BCUT2D eigenvalue weighted by Crippen LogP contribution is -2.57. The van der Waals surface area contributed by atoms with E-state index >= 15 is 0 Å². The first-order valence-electron chi connectivity index (χ1n) is 8.09. The van der Waals surface area contributed by atoms with Gasteiger partial charge in [0.25, 0.3) is 10.2 Å². The Morgan fingerprint density at radius 1 is 1.10 bits per heavy atom. The van der Waals surface area contributed by atoms with Crippen molar-refractivity contribution in [2.45, 2.75) is 32.2 Å². The van der Waals surface area contributed by atoms with Crippen LogP contribution in [0, 0.1) is 5.92 Å². The molecule has 0 bridgehead atoms. The van der Waals surface area contributed by atoms with Crippen molar-refractivity contribution in [3.8, 4) is 0 Å². The maximum Gasteiger partial charge on any atom is 0.282 e. The van der Waals surface area contributed by atoms with Crippen molar-refractivity contribution in [2.24, 2.45) is 5.92 Å². The van der Waals surface area contributed by atoms with Gasteiger partial charge in [-0.2, -0.15) is 17.0 Å². The number of piperidine rings is 1. The third-order valence-electron chi connectivity index (χ3n) is 4.93. The molecule has 2 fully saturated rings. The van der Waals surface area contributed by atoms with Crippen molar-refractivity contribution in [3.63, 3.8) is 0 Å². The highest BCUT2D eigenvalue weighted by atomic mass is 32.2. The second kappa shape index (κ2) is 7.37.